The number of nitrogens with zero attached hydrogens (tertiary/aromatic N) is 3. The van der Waals surface area contributed by atoms with Gasteiger partial charge in [0, 0.05) is 31.9 Å². The van der Waals surface area contributed by atoms with Crippen LogP contribution in [0, 0.1) is 0 Å². The van der Waals surface area contributed by atoms with Crippen molar-refractivity contribution in [1.29, 1.82) is 0 Å². The Morgan fingerprint density at radius 2 is 2.19 bits per heavy atom. The molecule has 0 aliphatic carbocycles. The van der Waals surface area contributed by atoms with Gasteiger partial charge in [0.2, 0.25) is 0 Å². The second-order valence-corrected chi connectivity index (χ2v) is 4.20. The van der Waals surface area contributed by atoms with E-state index in [1.807, 2.05) is 13.2 Å². The zero-order valence-corrected chi connectivity index (χ0v) is 11.4. The van der Waals surface area contributed by atoms with Crippen LogP contribution in [0.2, 0.25) is 0 Å². The molecule has 5 heteroatoms. The Hall–Kier alpha value is -0.580. The molecule has 0 radical (unpaired) electrons. The average molecular weight is 247 g/mol. The molecule has 16 heavy (non-hydrogen) atoms. The molecule has 1 rings (SSSR count). The molecule has 0 aliphatic heterocycles. The Bertz CT molecular complexity index is 285. The zero-order chi connectivity index (χ0) is 11.3. The lowest BCUT2D eigenvalue weighted by Gasteiger charge is -2.18. The minimum Gasteiger partial charge on any atom is -0.318 e. The van der Waals surface area contributed by atoms with Crippen molar-refractivity contribution in [2.45, 2.75) is 26.4 Å². The van der Waals surface area contributed by atoms with Gasteiger partial charge in [0.25, 0.3) is 0 Å². The van der Waals surface area contributed by atoms with Crippen LogP contribution in [0.25, 0.3) is 0 Å². The quantitative estimate of drug-likeness (QED) is 0.827. The van der Waals surface area contributed by atoms with Crippen LogP contribution in [0.15, 0.2) is 12.3 Å². The molecule has 1 aromatic rings. The van der Waals surface area contributed by atoms with Gasteiger partial charge in [-0.25, -0.2) is 0 Å². The zero-order valence-electron chi connectivity index (χ0n) is 10.6. The van der Waals surface area contributed by atoms with Crippen molar-refractivity contribution in [3.05, 3.63) is 18.0 Å². The van der Waals surface area contributed by atoms with Crippen LogP contribution in [-0.2, 0) is 6.54 Å². The molecule has 0 saturated carbocycles. The van der Waals surface area contributed by atoms with E-state index in [4.69, 9.17) is 0 Å². The van der Waals surface area contributed by atoms with Crippen molar-refractivity contribution in [2.75, 3.05) is 27.2 Å². The molecule has 94 valence electrons. The first kappa shape index (κ1) is 15.4. The second kappa shape index (κ2) is 7.65. The summed E-state index contributed by atoms with van der Waals surface area (Å²) in [4.78, 5) is 2.30. The van der Waals surface area contributed by atoms with Crippen molar-refractivity contribution in [3.63, 3.8) is 0 Å². The molecule has 0 fully saturated rings. The Labute approximate surface area is 104 Å². The van der Waals surface area contributed by atoms with Crippen molar-refractivity contribution >= 4 is 12.4 Å². The predicted molar refractivity (Wildman–Crippen MR) is 70.1 cm³/mol. The molecular weight excluding hydrogens is 224 g/mol. The Morgan fingerprint density at radius 1 is 1.50 bits per heavy atom. The van der Waals surface area contributed by atoms with Gasteiger partial charge in [-0.2, -0.15) is 5.10 Å². The van der Waals surface area contributed by atoms with Crippen LogP contribution < -0.4 is 5.32 Å². The van der Waals surface area contributed by atoms with E-state index in [2.05, 4.69) is 47.0 Å². The number of nitrogens with one attached hydrogen (secondary N) is 1. The molecule has 0 bridgehead atoms. The largest absolute Gasteiger partial charge is 0.318 e. The highest BCUT2D eigenvalue weighted by Gasteiger charge is 2.07. The highest BCUT2D eigenvalue weighted by Crippen LogP contribution is 2.09. The first-order valence-corrected chi connectivity index (χ1v) is 5.50. The maximum Gasteiger partial charge on any atom is 0.0527 e. The van der Waals surface area contributed by atoms with Crippen LogP contribution >= 0.6 is 12.4 Å². The summed E-state index contributed by atoms with van der Waals surface area (Å²) in [7, 11) is 4.11. The second-order valence-electron chi connectivity index (χ2n) is 4.20. The van der Waals surface area contributed by atoms with E-state index in [0.717, 1.165) is 19.6 Å². The first-order chi connectivity index (χ1) is 7.15. The third kappa shape index (κ3) is 4.51. The van der Waals surface area contributed by atoms with E-state index < -0.39 is 0 Å². The van der Waals surface area contributed by atoms with Crippen LogP contribution in [0.5, 0.6) is 0 Å². The summed E-state index contributed by atoms with van der Waals surface area (Å²) in [6.07, 6.45) is 1.88. The third-order valence-corrected chi connectivity index (χ3v) is 2.42. The number of likely N-dealkylation sites (N-methyl/N-ethyl adjacent to an activating group) is 2. The normalized spacial score (nSPS) is 10.9. The fourth-order valence-corrected chi connectivity index (χ4v) is 1.59. The summed E-state index contributed by atoms with van der Waals surface area (Å²) < 4.78 is 2.08. The Kier molecular flexibility index (Phi) is 7.38. The maximum absolute atomic E-state index is 4.32. The van der Waals surface area contributed by atoms with E-state index >= 15 is 0 Å². The summed E-state index contributed by atoms with van der Waals surface area (Å²) in [6, 6.07) is 2.53. The van der Waals surface area contributed by atoms with Crippen LogP contribution in [0.1, 0.15) is 25.6 Å². The fraction of sp³-hybridized carbons (Fsp3) is 0.727. The van der Waals surface area contributed by atoms with E-state index in [9.17, 15) is 0 Å². The summed E-state index contributed by atoms with van der Waals surface area (Å²) in [5.41, 5.74) is 1.28. The average Bonchev–Trinajstić information content (AvgIpc) is 2.62. The molecule has 1 heterocycles. The summed E-state index contributed by atoms with van der Waals surface area (Å²) in [5.74, 6) is 0. The lowest BCUT2D eigenvalue weighted by molar-refractivity contribution is 0.312. The van der Waals surface area contributed by atoms with E-state index in [1.54, 1.807) is 0 Å². The van der Waals surface area contributed by atoms with Gasteiger partial charge in [0.15, 0.2) is 0 Å². The topological polar surface area (TPSA) is 33.1 Å². The highest BCUT2D eigenvalue weighted by atomic mass is 35.5. The summed E-state index contributed by atoms with van der Waals surface area (Å²) in [5, 5.41) is 7.47. The molecule has 0 spiro atoms. The first-order valence-electron chi connectivity index (χ1n) is 5.50. The molecule has 4 nitrogen and oxygen atoms in total. The van der Waals surface area contributed by atoms with Crippen molar-refractivity contribution < 1.29 is 0 Å². The standard InChI is InChI=1S/C11H22N4.ClH/c1-10(2)15-11(5-6-13-15)9-14(4)8-7-12-3;/h5-6,10,12H,7-9H2,1-4H3;1H. The van der Waals surface area contributed by atoms with E-state index in [-0.39, 0.29) is 12.4 Å². The molecular formula is C11H23ClN4. The lowest BCUT2D eigenvalue weighted by Crippen LogP contribution is -2.28. The van der Waals surface area contributed by atoms with Gasteiger partial charge in [-0.05, 0) is 34.0 Å². The minimum absolute atomic E-state index is 0. The molecule has 1 aromatic heterocycles. The fourth-order valence-electron chi connectivity index (χ4n) is 1.59. The third-order valence-electron chi connectivity index (χ3n) is 2.42. The van der Waals surface area contributed by atoms with Crippen molar-refractivity contribution in [1.82, 2.24) is 20.0 Å². The molecule has 0 aromatic carbocycles. The van der Waals surface area contributed by atoms with E-state index in [0.29, 0.717) is 6.04 Å². The number of hydrogen-bond donors (Lipinski definition) is 1. The van der Waals surface area contributed by atoms with Gasteiger partial charge in [0.1, 0.15) is 0 Å². The van der Waals surface area contributed by atoms with Gasteiger partial charge < -0.3 is 5.32 Å². The predicted octanol–water partition coefficient (Wildman–Crippen LogP) is 1.54. The van der Waals surface area contributed by atoms with Crippen LogP contribution in [-0.4, -0.2) is 41.9 Å². The highest BCUT2D eigenvalue weighted by molar-refractivity contribution is 5.85. The summed E-state index contributed by atoms with van der Waals surface area (Å²) >= 11 is 0. The summed E-state index contributed by atoms with van der Waals surface area (Å²) in [6.45, 7) is 7.35. The van der Waals surface area contributed by atoms with E-state index in [1.165, 1.54) is 5.69 Å². The molecule has 0 atom stereocenters. The van der Waals surface area contributed by atoms with Gasteiger partial charge >= 0.3 is 0 Å². The smallest absolute Gasteiger partial charge is 0.0527 e. The number of aromatic nitrogens is 2. The van der Waals surface area contributed by atoms with Gasteiger partial charge in [-0.3, -0.25) is 9.58 Å². The van der Waals surface area contributed by atoms with Gasteiger partial charge in [0.05, 0.1) is 5.69 Å². The number of hydrogen-bond acceptors (Lipinski definition) is 3. The van der Waals surface area contributed by atoms with Crippen LogP contribution in [0.4, 0.5) is 0 Å². The molecule has 0 unspecified atom stereocenters. The minimum atomic E-state index is 0. The molecule has 0 amide bonds. The van der Waals surface area contributed by atoms with Gasteiger partial charge in [-0.1, -0.05) is 0 Å². The van der Waals surface area contributed by atoms with Crippen molar-refractivity contribution in [3.8, 4) is 0 Å². The molecule has 0 saturated heterocycles. The van der Waals surface area contributed by atoms with Crippen LogP contribution in [0.3, 0.4) is 0 Å². The maximum atomic E-state index is 4.32. The number of rotatable bonds is 6. The van der Waals surface area contributed by atoms with Crippen molar-refractivity contribution in [2.24, 2.45) is 0 Å². The molecule has 0 aliphatic rings. The Balaban J connectivity index is 0.00000225. The Morgan fingerprint density at radius 3 is 2.75 bits per heavy atom. The number of halogens is 1. The monoisotopic (exact) mass is 246 g/mol. The SMILES string of the molecule is CNCCN(C)Cc1ccnn1C(C)C.Cl. The van der Waals surface area contributed by atoms with Gasteiger partial charge in [-0.15, -0.1) is 12.4 Å². The lowest BCUT2D eigenvalue weighted by atomic mass is 10.3. The molecule has 1 N–H and O–H groups in total.